The molecule has 0 aliphatic heterocycles. The van der Waals surface area contributed by atoms with E-state index in [0.29, 0.717) is 17.2 Å². The van der Waals surface area contributed by atoms with Gasteiger partial charge in [0.1, 0.15) is 0 Å². The molecular weight excluding hydrogens is 240 g/mol. The second-order valence-corrected chi connectivity index (χ2v) is 4.03. The molecule has 92 valence electrons. The van der Waals surface area contributed by atoms with E-state index >= 15 is 0 Å². The molecule has 1 rings (SSSR count). The van der Waals surface area contributed by atoms with Crippen molar-refractivity contribution in [3.8, 4) is 0 Å². The van der Waals surface area contributed by atoms with E-state index in [-0.39, 0.29) is 12.0 Å². The highest BCUT2D eigenvalue weighted by Gasteiger charge is 2.14. The quantitative estimate of drug-likeness (QED) is 0.649. The predicted molar refractivity (Wildman–Crippen MR) is 66.8 cm³/mol. The lowest BCUT2D eigenvalue weighted by Gasteiger charge is -2.12. The van der Waals surface area contributed by atoms with Crippen molar-refractivity contribution in [3.63, 3.8) is 0 Å². The molecule has 1 aromatic rings. The van der Waals surface area contributed by atoms with Crippen LogP contribution in [0.2, 0.25) is 5.02 Å². The highest BCUT2D eigenvalue weighted by atomic mass is 35.5. The molecule has 4 heteroatoms. The predicted octanol–water partition coefficient (Wildman–Crippen LogP) is 2.88. The van der Waals surface area contributed by atoms with E-state index in [4.69, 9.17) is 16.3 Å². The molecular formula is C13H15ClO3. The lowest BCUT2D eigenvalue weighted by atomic mass is 10.0. The van der Waals surface area contributed by atoms with E-state index in [0.717, 1.165) is 0 Å². The molecule has 1 aromatic carbocycles. The molecule has 0 amide bonds. The number of ether oxygens (including phenoxy) is 1. The van der Waals surface area contributed by atoms with E-state index in [1.54, 1.807) is 31.2 Å². The summed E-state index contributed by atoms with van der Waals surface area (Å²) in [5, 5.41) is 10.5. The van der Waals surface area contributed by atoms with Crippen LogP contribution >= 0.6 is 11.6 Å². The maximum atomic E-state index is 11.3. The minimum Gasteiger partial charge on any atom is -0.463 e. The number of halogens is 1. The van der Waals surface area contributed by atoms with Gasteiger partial charge in [-0.05, 0) is 24.6 Å². The maximum absolute atomic E-state index is 11.3. The van der Waals surface area contributed by atoms with Gasteiger partial charge in [-0.15, -0.1) is 0 Å². The van der Waals surface area contributed by atoms with Gasteiger partial charge in [0.05, 0.1) is 12.7 Å². The van der Waals surface area contributed by atoms with Gasteiger partial charge in [-0.3, -0.25) is 0 Å². The van der Waals surface area contributed by atoms with Crippen LogP contribution in [-0.4, -0.2) is 17.7 Å². The van der Waals surface area contributed by atoms with Gasteiger partial charge >= 0.3 is 5.97 Å². The minimum absolute atomic E-state index is 0.153. The lowest BCUT2D eigenvalue weighted by molar-refractivity contribution is -0.138. The number of carbonyl (C=O) groups excluding carboxylic acids is 1. The first-order valence-electron chi connectivity index (χ1n) is 5.33. The number of carbonyl (C=O) groups is 1. The van der Waals surface area contributed by atoms with E-state index < -0.39 is 12.1 Å². The monoisotopic (exact) mass is 254 g/mol. The molecule has 0 bridgehead atoms. The van der Waals surface area contributed by atoms with Crippen LogP contribution in [0.3, 0.4) is 0 Å². The Morgan fingerprint density at radius 2 is 2.06 bits per heavy atom. The van der Waals surface area contributed by atoms with Crippen molar-refractivity contribution in [2.45, 2.75) is 19.4 Å². The SMILES string of the molecule is C=C(CC(O)c1ccc(Cl)cc1)C(=O)OCC. The molecule has 17 heavy (non-hydrogen) atoms. The average molecular weight is 255 g/mol. The molecule has 0 aliphatic rings. The topological polar surface area (TPSA) is 46.5 Å². The second kappa shape index (κ2) is 6.42. The first kappa shape index (κ1) is 13.7. The summed E-state index contributed by atoms with van der Waals surface area (Å²) < 4.78 is 4.79. The Kier molecular flexibility index (Phi) is 5.19. The van der Waals surface area contributed by atoms with Crippen LogP contribution in [0.15, 0.2) is 36.4 Å². The maximum Gasteiger partial charge on any atom is 0.333 e. The molecule has 3 nitrogen and oxygen atoms in total. The van der Waals surface area contributed by atoms with Crippen molar-refractivity contribution in [1.82, 2.24) is 0 Å². The van der Waals surface area contributed by atoms with Gasteiger partial charge in [0, 0.05) is 17.0 Å². The van der Waals surface area contributed by atoms with Gasteiger partial charge in [-0.25, -0.2) is 4.79 Å². The van der Waals surface area contributed by atoms with E-state index in [9.17, 15) is 9.90 Å². The van der Waals surface area contributed by atoms with Crippen molar-refractivity contribution >= 4 is 17.6 Å². The summed E-state index contributed by atoms with van der Waals surface area (Å²) >= 11 is 5.74. The third-order valence-electron chi connectivity index (χ3n) is 2.26. The van der Waals surface area contributed by atoms with Crippen LogP contribution in [-0.2, 0) is 9.53 Å². The zero-order valence-corrected chi connectivity index (χ0v) is 10.4. The molecule has 0 aliphatic carbocycles. The smallest absolute Gasteiger partial charge is 0.333 e. The van der Waals surface area contributed by atoms with E-state index in [1.165, 1.54) is 0 Å². The Balaban J connectivity index is 2.60. The fourth-order valence-corrected chi connectivity index (χ4v) is 1.48. The third-order valence-corrected chi connectivity index (χ3v) is 2.51. The normalized spacial score (nSPS) is 11.9. The Morgan fingerprint density at radius 3 is 2.59 bits per heavy atom. The number of rotatable bonds is 5. The molecule has 0 heterocycles. The molecule has 1 unspecified atom stereocenters. The lowest BCUT2D eigenvalue weighted by Crippen LogP contribution is -2.10. The zero-order valence-electron chi connectivity index (χ0n) is 9.65. The Labute approximate surface area is 106 Å². The fourth-order valence-electron chi connectivity index (χ4n) is 1.35. The number of hydrogen-bond acceptors (Lipinski definition) is 3. The zero-order chi connectivity index (χ0) is 12.8. The number of hydrogen-bond donors (Lipinski definition) is 1. The largest absolute Gasteiger partial charge is 0.463 e. The van der Waals surface area contributed by atoms with Gasteiger partial charge in [-0.1, -0.05) is 30.3 Å². The Bertz CT molecular complexity index is 398. The van der Waals surface area contributed by atoms with Crippen LogP contribution in [0.1, 0.15) is 25.0 Å². The van der Waals surface area contributed by atoms with Crippen molar-refractivity contribution < 1.29 is 14.6 Å². The van der Waals surface area contributed by atoms with Crippen molar-refractivity contribution in [2.75, 3.05) is 6.61 Å². The summed E-state index contributed by atoms with van der Waals surface area (Å²) in [6.07, 6.45) is -0.621. The van der Waals surface area contributed by atoms with Gasteiger partial charge in [0.25, 0.3) is 0 Å². The highest BCUT2D eigenvalue weighted by molar-refractivity contribution is 6.30. The van der Waals surface area contributed by atoms with Crippen molar-refractivity contribution in [2.24, 2.45) is 0 Å². The van der Waals surface area contributed by atoms with E-state index in [2.05, 4.69) is 6.58 Å². The van der Waals surface area contributed by atoms with Gasteiger partial charge < -0.3 is 9.84 Å². The molecule has 0 aromatic heterocycles. The van der Waals surface area contributed by atoms with Crippen molar-refractivity contribution in [3.05, 3.63) is 47.0 Å². The fraction of sp³-hybridized carbons (Fsp3) is 0.308. The third kappa shape index (κ3) is 4.21. The summed E-state index contributed by atoms with van der Waals surface area (Å²) in [5.74, 6) is -0.472. The van der Waals surface area contributed by atoms with Crippen LogP contribution in [0.5, 0.6) is 0 Å². The van der Waals surface area contributed by atoms with Gasteiger partial charge in [0.15, 0.2) is 0 Å². The molecule has 1 atom stereocenters. The highest BCUT2D eigenvalue weighted by Crippen LogP contribution is 2.22. The van der Waals surface area contributed by atoms with Crippen molar-refractivity contribution in [1.29, 1.82) is 0 Å². The summed E-state index contributed by atoms with van der Waals surface area (Å²) in [4.78, 5) is 11.3. The molecule has 0 saturated heterocycles. The Morgan fingerprint density at radius 1 is 1.47 bits per heavy atom. The molecule has 0 radical (unpaired) electrons. The average Bonchev–Trinajstić information content (AvgIpc) is 2.30. The summed E-state index contributed by atoms with van der Waals surface area (Å²) in [6, 6.07) is 6.80. The molecule has 0 fully saturated rings. The number of esters is 1. The molecule has 1 N–H and O–H groups in total. The standard InChI is InChI=1S/C13H15ClO3/c1-3-17-13(16)9(2)8-12(15)10-4-6-11(14)7-5-10/h4-7,12,15H,2-3,8H2,1H3. The number of aliphatic hydroxyl groups excluding tert-OH is 1. The summed E-state index contributed by atoms with van der Waals surface area (Å²) in [6.45, 7) is 5.62. The molecule has 0 saturated carbocycles. The van der Waals surface area contributed by atoms with Crippen LogP contribution < -0.4 is 0 Å². The number of aliphatic hydroxyl groups is 1. The second-order valence-electron chi connectivity index (χ2n) is 3.60. The number of benzene rings is 1. The van der Waals surface area contributed by atoms with Gasteiger partial charge in [-0.2, -0.15) is 0 Å². The van der Waals surface area contributed by atoms with E-state index in [1.807, 2.05) is 0 Å². The minimum atomic E-state index is -0.774. The Hall–Kier alpha value is -1.32. The summed E-state index contributed by atoms with van der Waals surface area (Å²) in [7, 11) is 0. The van der Waals surface area contributed by atoms with Crippen LogP contribution in [0, 0.1) is 0 Å². The first-order valence-corrected chi connectivity index (χ1v) is 5.70. The van der Waals surface area contributed by atoms with Gasteiger partial charge in [0.2, 0.25) is 0 Å². The van der Waals surface area contributed by atoms with Crippen LogP contribution in [0.25, 0.3) is 0 Å². The molecule has 0 spiro atoms. The first-order chi connectivity index (χ1) is 8.04. The summed E-state index contributed by atoms with van der Waals surface area (Å²) in [5.41, 5.74) is 0.953. The van der Waals surface area contributed by atoms with Crippen LogP contribution in [0.4, 0.5) is 0 Å².